The minimum Gasteiger partial charge on any atom is -0.465 e. The highest BCUT2D eigenvalue weighted by Gasteiger charge is 2.26. The monoisotopic (exact) mass is 349 g/mol. The van der Waals surface area contributed by atoms with Gasteiger partial charge in [-0.2, -0.15) is 0 Å². The van der Waals surface area contributed by atoms with Gasteiger partial charge < -0.3 is 10.1 Å². The summed E-state index contributed by atoms with van der Waals surface area (Å²) in [7, 11) is 1.34. The molecule has 0 saturated heterocycles. The van der Waals surface area contributed by atoms with Crippen LogP contribution < -0.4 is 5.32 Å². The summed E-state index contributed by atoms with van der Waals surface area (Å²) >= 11 is 12.6. The maximum Gasteiger partial charge on any atom is 0.341 e. The molecule has 0 aromatic carbocycles. The molecule has 4 nitrogen and oxygen atoms in total. The molecule has 0 unspecified atom stereocenters. The van der Waals surface area contributed by atoms with Gasteiger partial charge in [-0.1, -0.05) is 36.0 Å². The lowest BCUT2D eigenvalue weighted by molar-refractivity contribution is -0.114. The van der Waals surface area contributed by atoms with Crippen molar-refractivity contribution in [2.24, 2.45) is 0 Å². The van der Waals surface area contributed by atoms with Crippen molar-refractivity contribution in [1.29, 1.82) is 0 Å². The first-order chi connectivity index (χ1) is 10.0. The van der Waals surface area contributed by atoms with E-state index in [-0.39, 0.29) is 0 Å². The lowest BCUT2D eigenvalue weighted by Crippen LogP contribution is -2.19. The Balaban J connectivity index is 2.40. The number of fused-ring (bicyclic) bond motifs is 1. The molecule has 1 aromatic rings. The molecule has 0 atom stereocenters. The van der Waals surface area contributed by atoms with E-state index < -0.39 is 16.7 Å². The van der Waals surface area contributed by atoms with Crippen LogP contribution in [0.4, 0.5) is 5.00 Å². The van der Waals surface area contributed by atoms with Gasteiger partial charge in [0, 0.05) is 4.88 Å². The Morgan fingerprint density at radius 3 is 2.48 bits per heavy atom. The number of alkyl halides is 2. The molecule has 21 heavy (non-hydrogen) atoms. The highest BCUT2D eigenvalue weighted by Crippen LogP contribution is 2.37. The van der Waals surface area contributed by atoms with Crippen molar-refractivity contribution >= 4 is 51.4 Å². The topological polar surface area (TPSA) is 55.4 Å². The number of thiophene rings is 1. The van der Waals surface area contributed by atoms with Gasteiger partial charge in [-0.3, -0.25) is 4.79 Å². The lowest BCUT2D eigenvalue weighted by atomic mass is 9.96. The molecule has 1 heterocycles. The van der Waals surface area contributed by atoms with E-state index in [1.807, 2.05) is 0 Å². The lowest BCUT2D eigenvalue weighted by Gasteiger charge is -2.11. The van der Waals surface area contributed by atoms with Gasteiger partial charge in [0.1, 0.15) is 5.00 Å². The van der Waals surface area contributed by atoms with Crippen LogP contribution in [0, 0.1) is 0 Å². The quantitative estimate of drug-likeness (QED) is 0.664. The van der Waals surface area contributed by atoms with Gasteiger partial charge in [0.2, 0.25) is 0 Å². The first-order valence-electron chi connectivity index (χ1n) is 6.86. The van der Waals surface area contributed by atoms with Crippen molar-refractivity contribution in [3.63, 3.8) is 0 Å². The van der Waals surface area contributed by atoms with Crippen molar-refractivity contribution in [1.82, 2.24) is 0 Å². The van der Waals surface area contributed by atoms with E-state index in [1.165, 1.54) is 24.9 Å². The van der Waals surface area contributed by atoms with Crippen LogP contribution in [0.25, 0.3) is 0 Å². The fourth-order valence-electron chi connectivity index (χ4n) is 2.49. The van der Waals surface area contributed by atoms with Crippen LogP contribution >= 0.6 is 34.5 Å². The number of hydrogen-bond acceptors (Lipinski definition) is 4. The average Bonchev–Trinajstić information content (AvgIpc) is 2.74. The van der Waals surface area contributed by atoms with Crippen molar-refractivity contribution < 1.29 is 14.3 Å². The zero-order valence-corrected chi connectivity index (χ0v) is 14.0. The normalized spacial score (nSPS) is 15.0. The molecule has 0 saturated carbocycles. The molecule has 2 rings (SSSR count). The largest absolute Gasteiger partial charge is 0.465 e. The van der Waals surface area contributed by atoms with Crippen molar-refractivity contribution in [2.75, 3.05) is 12.4 Å². The van der Waals surface area contributed by atoms with E-state index in [9.17, 15) is 9.59 Å². The number of esters is 1. The molecule has 1 N–H and O–H groups in total. The summed E-state index contributed by atoms with van der Waals surface area (Å²) in [4.78, 5) is 23.8. The highest BCUT2D eigenvalue weighted by atomic mass is 35.5. The predicted molar refractivity (Wildman–Crippen MR) is 85.7 cm³/mol. The number of carbonyl (C=O) groups is 2. The Morgan fingerprint density at radius 1 is 1.19 bits per heavy atom. The molecule has 0 aliphatic heterocycles. The predicted octanol–water partition coefficient (Wildman–Crippen LogP) is 3.94. The fourth-order valence-corrected chi connectivity index (χ4v) is 3.88. The number of amides is 1. The van der Waals surface area contributed by atoms with Crippen LogP contribution in [0.15, 0.2) is 0 Å². The van der Waals surface area contributed by atoms with Gasteiger partial charge >= 0.3 is 5.97 Å². The second-order valence-corrected chi connectivity index (χ2v) is 7.11. The summed E-state index contributed by atoms with van der Waals surface area (Å²) in [5, 5.41) is 3.13. The minimum atomic E-state index is -1.17. The molecular weight excluding hydrogens is 333 g/mol. The number of methoxy groups -OCH3 is 1. The Labute approximate surface area is 137 Å². The number of anilines is 1. The van der Waals surface area contributed by atoms with E-state index in [0.29, 0.717) is 10.6 Å². The van der Waals surface area contributed by atoms with E-state index >= 15 is 0 Å². The number of rotatable bonds is 3. The van der Waals surface area contributed by atoms with Crippen LogP contribution in [-0.2, 0) is 22.4 Å². The van der Waals surface area contributed by atoms with Crippen molar-refractivity contribution in [2.45, 2.75) is 43.4 Å². The molecule has 1 amide bonds. The second kappa shape index (κ2) is 7.47. The third kappa shape index (κ3) is 3.90. The van der Waals surface area contributed by atoms with E-state index in [0.717, 1.165) is 42.5 Å². The number of ether oxygens (including phenoxy) is 1. The van der Waals surface area contributed by atoms with Crippen LogP contribution in [0.1, 0.15) is 46.5 Å². The van der Waals surface area contributed by atoms with Gasteiger partial charge in [0.25, 0.3) is 5.91 Å². The SMILES string of the molecule is COC(=O)c1c(NC(=O)C(Cl)Cl)sc2c1CCCCCC2. The molecule has 7 heteroatoms. The third-order valence-corrected chi connectivity index (χ3v) is 5.10. The molecule has 0 radical (unpaired) electrons. The van der Waals surface area contributed by atoms with Crippen molar-refractivity contribution in [3.05, 3.63) is 16.0 Å². The first-order valence-corrected chi connectivity index (χ1v) is 8.55. The number of aryl methyl sites for hydroxylation is 1. The van der Waals surface area contributed by atoms with E-state index in [4.69, 9.17) is 27.9 Å². The van der Waals surface area contributed by atoms with E-state index in [1.54, 1.807) is 0 Å². The van der Waals surface area contributed by atoms with E-state index in [2.05, 4.69) is 5.32 Å². The van der Waals surface area contributed by atoms with Gasteiger partial charge in [-0.25, -0.2) is 4.79 Å². The molecule has 1 aliphatic carbocycles. The smallest absolute Gasteiger partial charge is 0.341 e. The first kappa shape index (κ1) is 16.6. The Morgan fingerprint density at radius 2 is 1.86 bits per heavy atom. The zero-order chi connectivity index (χ0) is 15.4. The third-order valence-electron chi connectivity index (χ3n) is 3.50. The maximum atomic E-state index is 12.1. The zero-order valence-electron chi connectivity index (χ0n) is 11.7. The molecule has 0 bridgehead atoms. The number of hydrogen-bond donors (Lipinski definition) is 1. The number of carbonyl (C=O) groups excluding carboxylic acids is 2. The summed E-state index contributed by atoms with van der Waals surface area (Å²) in [6.07, 6.45) is 6.23. The standard InChI is InChI=1S/C14H17Cl2NO3S/c1-20-14(19)10-8-6-4-2-3-5-7-9(8)21-13(10)17-12(18)11(15)16/h11H,2-7H2,1H3,(H,17,18). The van der Waals surface area contributed by atoms with Crippen LogP contribution in [0.2, 0.25) is 0 Å². The van der Waals surface area contributed by atoms with Gasteiger partial charge in [-0.15, -0.1) is 11.3 Å². The van der Waals surface area contributed by atoms with Crippen LogP contribution in [-0.4, -0.2) is 23.8 Å². The second-order valence-electron chi connectivity index (χ2n) is 4.90. The van der Waals surface area contributed by atoms with Crippen LogP contribution in [0.5, 0.6) is 0 Å². The molecule has 1 aromatic heterocycles. The number of nitrogens with one attached hydrogen (secondary N) is 1. The van der Waals surface area contributed by atoms with Gasteiger partial charge in [-0.05, 0) is 31.2 Å². The summed E-state index contributed by atoms with van der Waals surface area (Å²) in [5.41, 5.74) is 1.46. The summed E-state index contributed by atoms with van der Waals surface area (Å²) in [5.74, 6) is -0.957. The van der Waals surface area contributed by atoms with Crippen molar-refractivity contribution in [3.8, 4) is 0 Å². The summed E-state index contributed by atoms with van der Waals surface area (Å²) in [6.45, 7) is 0. The Bertz CT molecular complexity index is 543. The maximum absolute atomic E-state index is 12.1. The Kier molecular flexibility index (Phi) is 5.90. The molecular formula is C14H17Cl2NO3S. The van der Waals surface area contributed by atoms with Gasteiger partial charge in [0.15, 0.2) is 4.84 Å². The average molecular weight is 350 g/mol. The molecule has 1 aliphatic rings. The molecule has 116 valence electrons. The van der Waals surface area contributed by atoms with Gasteiger partial charge in [0.05, 0.1) is 12.7 Å². The summed E-state index contributed by atoms with van der Waals surface area (Å²) < 4.78 is 4.87. The van der Waals surface area contributed by atoms with Crippen LogP contribution in [0.3, 0.4) is 0 Å². The summed E-state index contributed by atoms with van der Waals surface area (Å²) in [6, 6.07) is 0. The molecule has 0 spiro atoms. The molecule has 0 fully saturated rings. The Hall–Kier alpha value is -0.780. The highest BCUT2D eigenvalue weighted by molar-refractivity contribution is 7.17. The minimum absolute atomic E-state index is 0.427. The number of halogens is 2. The fraction of sp³-hybridized carbons (Fsp3) is 0.571.